The topological polar surface area (TPSA) is 72.5 Å². The molecule has 7 nitrogen and oxygen atoms in total. The normalized spacial score (nSPS) is 12.1. The first-order valence-corrected chi connectivity index (χ1v) is 12.8. The fourth-order valence-electron chi connectivity index (χ4n) is 3.33. The fraction of sp³-hybridized carbons (Fsp3) is 0.536. The van der Waals surface area contributed by atoms with Crippen molar-refractivity contribution in [2.24, 2.45) is 0 Å². The molecule has 2 aromatic carbocycles. The molecule has 0 amide bonds. The van der Waals surface area contributed by atoms with Crippen LogP contribution >= 0.6 is 8.58 Å². The molecule has 1 radical (unpaired) electrons. The van der Waals surface area contributed by atoms with Gasteiger partial charge in [-0.3, -0.25) is 4.79 Å². The molecule has 1 unspecified atom stereocenters. The number of methoxy groups -OCH3 is 3. The van der Waals surface area contributed by atoms with Crippen LogP contribution in [0.4, 0.5) is 0 Å². The number of benzene rings is 2. The van der Waals surface area contributed by atoms with Gasteiger partial charge < -0.3 is 28.4 Å². The van der Waals surface area contributed by atoms with Gasteiger partial charge in [-0.1, -0.05) is 0 Å². The number of hydrogen-bond acceptors (Lipinski definition) is 7. The predicted octanol–water partition coefficient (Wildman–Crippen LogP) is 6.01. The number of hydrogen-bond donors (Lipinski definition) is 0. The van der Waals surface area contributed by atoms with E-state index in [4.69, 9.17) is 28.4 Å². The molecule has 1 atom stereocenters. The number of carbonyl (C=O) groups excluding carboxylic acids is 1. The van der Waals surface area contributed by atoms with Gasteiger partial charge in [-0.25, -0.2) is 0 Å². The zero-order valence-electron chi connectivity index (χ0n) is 24.7. The first-order chi connectivity index (χ1) is 16.5. The minimum Gasteiger partial charge on any atom is -0.496 e. The molecule has 0 aliphatic carbocycles. The maximum Gasteiger partial charge on any atom is 0.193 e. The van der Waals surface area contributed by atoms with Gasteiger partial charge in [-0.05, 0) is 70.9 Å². The van der Waals surface area contributed by atoms with Crippen molar-refractivity contribution in [2.45, 2.75) is 79.1 Å². The van der Waals surface area contributed by atoms with Crippen molar-refractivity contribution in [3.63, 3.8) is 0 Å². The maximum atomic E-state index is 13.8. The molecule has 0 aromatic heterocycles. The van der Waals surface area contributed by atoms with E-state index in [0.29, 0.717) is 45.4 Å². The summed E-state index contributed by atoms with van der Waals surface area (Å²) < 4.78 is 35.2. The molecule has 0 bridgehead atoms. The van der Waals surface area contributed by atoms with E-state index in [9.17, 15) is 4.79 Å². The Labute approximate surface area is 235 Å². The molecule has 0 saturated heterocycles. The van der Waals surface area contributed by atoms with E-state index in [-0.39, 0.29) is 33.0 Å². The van der Waals surface area contributed by atoms with Gasteiger partial charge in [-0.2, -0.15) is 0 Å². The molecular formula is C28H41LiO7P. The number of carbonyl (C=O) groups is 1. The first kappa shape index (κ1) is 33.0. The minimum atomic E-state index is -0.517. The Morgan fingerprint density at radius 1 is 0.595 bits per heavy atom. The summed E-state index contributed by atoms with van der Waals surface area (Å²) in [6.45, 7) is 17.7. The zero-order valence-corrected chi connectivity index (χ0v) is 25.7. The SMILES string of the molecule is COc1cc(OC)c(C(=O)Pc2c(OC(C)(C)C)cc(OC(C)(C)C)cc2OC(C)(C)C)c(OC)c1.[Li]. The predicted molar refractivity (Wildman–Crippen MR) is 152 cm³/mol. The van der Waals surface area contributed by atoms with Crippen LogP contribution in [0.5, 0.6) is 34.5 Å². The average Bonchev–Trinajstić information content (AvgIpc) is 2.71. The molecule has 0 spiro atoms. The smallest absolute Gasteiger partial charge is 0.193 e. The van der Waals surface area contributed by atoms with Gasteiger partial charge in [0.05, 0.1) is 26.6 Å². The van der Waals surface area contributed by atoms with Crippen LogP contribution in [-0.4, -0.2) is 62.5 Å². The Bertz CT molecular complexity index is 1020. The van der Waals surface area contributed by atoms with Gasteiger partial charge >= 0.3 is 0 Å². The second kappa shape index (κ2) is 12.7. The van der Waals surface area contributed by atoms with Gasteiger partial charge in [0.25, 0.3) is 0 Å². The van der Waals surface area contributed by atoms with Gasteiger partial charge in [0.15, 0.2) is 5.52 Å². The van der Waals surface area contributed by atoms with Crippen molar-refractivity contribution < 1.29 is 33.2 Å². The quantitative estimate of drug-likeness (QED) is 0.292. The summed E-state index contributed by atoms with van der Waals surface area (Å²) in [5.74, 6) is 2.92. The summed E-state index contributed by atoms with van der Waals surface area (Å²) in [5.41, 5.74) is -1.32. The number of rotatable bonds is 9. The van der Waals surface area contributed by atoms with Crippen molar-refractivity contribution in [3.8, 4) is 34.5 Å². The van der Waals surface area contributed by atoms with Crippen LogP contribution in [0, 0.1) is 0 Å². The summed E-state index contributed by atoms with van der Waals surface area (Å²) in [7, 11) is 4.22. The summed E-state index contributed by atoms with van der Waals surface area (Å²) in [5, 5.41) is 0.644. The van der Waals surface area contributed by atoms with Crippen molar-refractivity contribution in [1.82, 2.24) is 0 Å². The van der Waals surface area contributed by atoms with Crippen molar-refractivity contribution in [3.05, 3.63) is 29.8 Å². The molecule has 0 fully saturated rings. The van der Waals surface area contributed by atoms with E-state index >= 15 is 0 Å². The third kappa shape index (κ3) is 9.97. The zero-order chi connectivity index (χ0) is 27.5. The van der Waals surface area contributed by atoms with Crippen LogP contribution in [0.2, 0.25) is 0 Å². The summed E-state index contributed by atoms with van der Waals surface area (Å²) in [6.07, 6.45) is 0. The van der Waals surface area contributed by atoms with Crippen molar-refractivity contribution in [1.29, 1.82) is 0 Å². The fourth-order valence-corrected chi connectivity index (χ4v) is 4.42. The van der Waals surface area contributed by atoms with Crippen LogP contribution in [-0.2, 0) is 0 Å². The molecule has 9 heteroatoms. The van der Waals surface area contributed by atoms with Crippen LogP contribution in [0.3, 0.4) is 0 Å². The molecule has 0 saturated carbocycles. The van der Waals surface area contributed by atoms with E-state index in [1.165, 1.54) is 14.2 Å². The standard InChI is InChI=1S/C28H41O7P.Li/c1-26(2,3)33-18-15-21(34-27(4,5)6)24(22(16-18)35-28(7,8)9)36-25(29)23-19(31-11)13-17(30-10)14-20(23)32-12;/h13-16,36H,1-12H3;. The van der Waals surface area contributed by atoms with Crippen LogP contribution < -0.4 is 33.7 Å². The summed E-state index contributed by atoms with van der Waals surface area (Å²) in [4.78, 5) is 13.8. The van der Waals surface area contributed by atoms with Gasteiger partial charge in [0, 0.05) is 43.1 Å². The Kier molecular flexibility index (Phi) is 11.3. The van der Waals surface area contributed by atoms with Crippen LogP contribution in [0.1, 0.15) is 72.7 Å². The van der Waals surface area contributed by atoms with Crippen LogP contribution in [0.25, 0.3) is 0 Å². The second-order valence-corrected chi connectivity index (χ2v) is 12.5. The third-order valence-electron chi connectivity index (χ3n) is 4.48. The molecule has 0 aliphatic heterocycles. The molecular weight excluding hydrogens is 486 g/mol. The number of ether oxygens (including phenoxy) is 6. The Hall–Kier alpha value is -2.06. The summed E-state index contributed by atoms with van der Waals surface area (Å²) >= 11 is 0. The van der Waals surface area contributed by atoms with Crippen LogP contribution in [0.15, 0.2) is 24.3 Å². The van der Waals surface area contributed by atoms with E-state index in [1.54, 1.807) is 19.2 Å². The maximum absolute atomic E-state index is 13.8. The summed E-state index contributed by atoms with van der Waals surface area (Å²) in [6, 6.07) is 6.98. The van der Waals surface area contributed by atoms with Gasteiger partial charge in [-0.15, -0.1) is 0 Å². The molecule has 201 valence electrons. The Morgan fingerprint density at radius 2 is 0.973 bits per heavy atom. The van der Waals surface area contributed by atoms with Crippen molar-refractivity contribution >= 4 is 38.3 Å². The second-order valence-electron chi connectivity index (χ2n) is 11.3. The average molecular weight is 528 g/mol. The molecule has 0 heterocycles. The molecule has 2 rings (SSSR count). The van der Waals surface area contributed by atoms with E-state index in [2.05, 4.69) is 0 Å². The molecule has 0 N–H and O–H groups in total. The third-order valence-corrected chi connectivity index (χ3v) is 5.70. The molecule has 0 aliphatic rings. The van der Waals surface area contributed by atoms with E-state index < -0.39 is 16.8 Å². The molecule has 2 aromatic rings. The first-order valence-electron chi connectivity index (χ1n) is 11.8. The minimum absolute atomic E-state index is 0. The van der Waals surface area contributed by atoms with Crippen molar-refractivity contribution in [2.75, 3.05) is 21.3 Å². The monoisotopic (exact) mass is 527 g/mol. The van der Waals surface area contributed by atoms with E-state index in [1.807, 2.05) is 74.4 Å². The molecule has 37 heavy (non-hydrogen) atoms. The Balaban J connectivity index is 0.00000684. The van der Waals surface area contributed by atoms with E-state index in [0.717, 1.165) is 0 Å². The van der Waals surface area contributed by atoms with Gasteiger partial charge in [0.1, 0.15) is 56.9 Å². The van der Waals surface area contributed by atoms with Gasteiger partial charge in [0.2, 0.25) is 0 Å². The largest absolute Gasteiger partial charge is 0.496 e. The Morgan fingerprint density at radius 3 is 1.30 bits per heavy atom.